The summed E-state index contributed by atoms with van der Waals surface area (Å²) in [6.45, 7) is 2.25. The topological polar surface area (TPSA) is 75.6 Å². The van der Waals surface area contributed by atoms with Crippen LogP contribution >= 0.6 is 11.6 Å². The van der Waals surface area contributed by atoms with Crippen molar-refractivity contribution in [3.63, 3.8) is 0 Å². The summed E-state index contributed by atoms with van der Waals surface area (Å²) in [5, 5.41) is 11.9. The molecule has 0 aliphatic carbocycles. The molecular formula is C16H22ClNO4. The molecule has 0 saturated carbocycles. The molecule has 0 saturated heterocycles. The quantitative estimate of drug-likeness (QED) is 0.647. The first kappa shape index (κ1) is 18.3. The molecule has 0 aliphatic rings. The van der Waals surface area contributed by atoms with Gasteiger partial charge in [0.05, 0.1) is 0 Å². The van der Waals surface area contributed by atoms with Crippen LogP contribution in [-0.4, -0.2) is 29.6 Å². The van der Waals surface area contributed by atoms with E-state index in [2.05, 4.69) is 5.32 Å². The summed E-state index contributed by atoms with van der Waals surface area (Å²) in [7, 11) is 0. The second kappa shape index (κ2) is 10.1. The van der Waals surface area contributed by atoms with E-state index in [9.17, 15) is 9.59 Å². The third kappa shape index (κ3) is 7.88. The maximum atomic E-state index is 11.9. The Hall–Kier alpha value is -1.75. The highest BCUT2D eigenvalue weighted by Crippen LogP contribution is 2.18. The molecule has 6 heteroatoms. The number of carboxylic acid groups (broad SMARTS) is 1. The van der Waals surface area contributed by atoms with Crippen LogP contribution in [0, 0.1) is 0 Å². The number of carbonyl (C=O) groups excluding carboxylic acids is 1. The lowest BCUT2D eigenvalue weighted by Crippen LogP contribution is -2.36. The minimum atomic E-state index is -0.764. The molecule has 1 unspecified atom stereocenters. The van der Waals surface area contributed by atoms with Crippen LogP contribution < -0.4 is 10.1 Å². The van der Waals surface area contributed by atoms with Gasteiger partial charge >= 0.3 is 5.97 Å². The van der Waals surface area contributed by atoms with Gasteiger partial charge in [0.25, 0.3) is 5.91 Å². The number of ether oxygens (including phenoxy) is 1. The molecule has 0 heterocycles. The number of rotatable bonds is 10. The van der Waals surface area contributed by atoms with Crippen molar-refractivity contribution in [2.45, 2.75) is 45.1 Å². The Balaban J connectivity index is 2.15. The van der Waals surface area contributed by atoms with Crippen molar-refractivity contribution in [1.82, 2.24) is 5.32 Å². The van der Waals surface area contributed by atoms with Crippen molar-refractivity contribution in [2.75, 3.05) is 6.54 Å². The van der Waals surface area contributed by atoms with Gasteiger partial charge in [-0.2, -0.15) is 0 Å². The van der Waals surface area contributed by atoms with E-state index < -0.39 is 12.1 Å². The molecule has 0 aromatic heterocycles. The summed E-state index contributed by atoms with van der Waals surface area (Å²) in [5.41, 5.74) is 0. The van der Waals surface area contributed by atoms with Gasteiger partial charge in [0.2, 0.25) is 0 Å². The lowest BCUT2D eigenvalue weighted by molar-refractivity contribution is -0.137. The summed E-state index contributed by atoms with van der Waals surface area (Å²) in [4.78, 5) is 22.2. The Morgan fingerprint density at radius 2 is 2.00 bits per heavy atom. The second-order valence-electron chi connectivity index (χ2n) is 5.07. The van der Waals surface area contributed by atoms with E-state index in [4.69, 9.17) is 21.4 Å². The number of aliphatic carboxylic acids is 1. The molecule has 0 fully saturated rings. The zero-order valence-corrected chi connectivity index (χ0v) is 13.4. The van der Waals surface area contributed by atoms with Crippen molar-refractivity contribution < 1.29 is 19.4 Å². The third-order valence-electron chi connectivity index (χ3n) is 3.09. The number of benzene rings is 1. The average molecular weight is 328 g/mol. The first-order chi connectivity index (χ1) is 10.5. The van der Waals surface area contributed by atoms with Crippen LogP contribution in [0.4, 0.5) is 0 Å². The van der Waals surface area contributed by atoms with Crippen LogP contribution in [0.25, 0.3) is 0 Å². The highest BCUT2D eigenvalue weighted by molar-refractivity contribution is 6.30. The molecule has 0 bridgehead atoms. The normalized spacial score (nSPS) is 11.7. The van der Waals surface area contributed by atoms with Crippen LogP contribution in [-0.2, 0) is 9.59 Å². The SMILES string of the molecule is CC(Oc1cccc(Cl)c1)C(=O)NCCCCCCC(=O)O. The Labute approximate surface area is 135 Å². The fourth-order valence-electron chi connectivity index (χ4n) is 1.91. The smallest absolute Gasteiger partial charge is 0.303 e. The number of amides is 1. The number of carbonyl (C=O) groups is 2. The van der Waals surface area contributed by atoms with Crippen LogP contribution in [0.15, 0.2) is 24.3 Å². The van der Waals surface area contributed by atoms with Crippen molar-refractivity contribution in [3.8, 4) is 5.75 Å². The van der Waals surface area contributed by atoms with E-state index in [1.54, 1.807) is 31.2 Å². The molecule has 2 N–H and O–H groups in total. The lowest BCUT2D eigenvalue weighted by atomic mass is 10.1. The molecular weight excluding hydrogens is 306 g/mol. The van der Waals surface area contributed by atoms with Gasteiger partial charge in [-0.05, 0) is 38.0 Å². The monoisotopic (exact) mass is 327 g/mol. The second-order valence-corrected chi connectivity index (χ2v) is 5.50. The standard InChI is InChI=1S/C16H22ClNO4/c1-12(22-14-8-6-7-13(17)11-14)16(21)18-10-5-3-2-4-9-15(19)20/h6-8,11-12H,2-5,9-10H2,1H3,(H,18,21)(H,19,20). The Bertz CT molecular complexity index is 493. The van der Waals surface area contributed by atoms with E-state index in [1.807, 2.05) is 0 Å². The van der Waals surface area contributed by atoms with E-state index in [0.717, 1.165) is 19.3 Å². The third-order valence-corrected chi connectivity index (χ3v) is 3.33. The number of carboxylic acids is 1. The van der Waals surface area contributed by atoms with E-state index in [0.29, 0.717) is 23.7 Å². The van der Waals surface area contributed by atoms with Crippen LogP contribution in [0.5, 0.6) is 5.75 Å². The first-order valence-corrected chi connectivity index (χ1v) is 7.78. The molecule has 1 amide bonds. The maximum Gasteiger partial charge on any atom is 0.303 e. The van der Waals surface area contributed by atoms with Gasteiger partial charge in [-0.1, -0.05) is 30.5 Å². The minimum absolute atomic E-state index is 0.175. The minimum Gasteiger partial charge on any atom is -0.481 e. The van der Waals surface area contributed by atoms with Gasteiger partial charge in [0, 0.05) is 18.0 Å². The summed E-state index contributed by atoms with van der Waals surface area (Å²) in [5.74, 6) is -0.380. The molecule has 1 rings (SSSR count). The van der Waals surface area contributed by atoms with E-state index in [1.165, 1.54) is 0 Å². The average Bonchev–Trinajstić information content (AvgIpc) is 2.45. The summed E-state index contributed by atoms with van der Waals surface area (Å²) >= 11 is 5.85. The zero-order chi connectivity index (χ0) is 16.4. The fourth-order valence-corrected chi connectivity index (χ4v) is 2.09. The van der Waals surface area contributed by atoms with Crippen LogP contribution in [0.3, 0.4) is 0 Å². The highest BCUT2D eigenvalue weighted by Gasteiger charge is 2.13. The first-order valence-electron chi connectivity index (χ1n) is 7.41. The number of hydrogen-bond donors (Lipinski definition) is 2. The molecule has 5 nitrogen and oxygen atoms in total. The van der Waals surface area contributed by atoms with Crippen molar-refractivity contribution >= 4 is 23.5 Å². The summed E-state index contributed by atoms with van der Waals surface area (Å²) in [6, 6.07) is 6.91. The fraction of sp³-hybridized carbons (Fsp3) is 0.500. The molecule has 22 heavy (non-hydrogen) atoms. The maximum absolute atomic E-state index is 11.9. The predicted molar refractivity (Wildman–Crippen MR) is 85.3 cm³/mol. The number of unbranched alkanes of at least 4 members (excludes halogenated alkanes) is 3. The van der Waals surface area contributed by atoms with Crippen LogP contribution in [0.1, 0.15) is 39.0 Å². The van der Waals surface area contributed by atoms with Gasteiger partial charge in [0.1, 0.15) is 5.75 Å². The van der Waals surface area contributed by atoms with Crippen molar-refractivity contribution in [1.29, 1.82) is 0 Å². The van der Waals surface area contributed by atoms with Crippen molar-refractivity contribution in [2.24, 2.45) is 0 Å². The lowest BCUT2D eigenvalue weighted by Gasteiger charge is -2.14. The van der Waals surface area contributed by atoms with Gasteiger partial charge in [0.15, 0.2) is 6.10 Å². The summed E-state index contributed by atoms with van der Waals surface area (Å²) < 4.78 is 5.52. The largest absolute Gasteiger partial charge is 0.481 e. The molecule has 122 valence electrons. The van der Waals surface area contributed by atoms with Gasteiger partial charge in [-0.15, -0.1) is 0 Å². The molecule has 0 aliphatic heterocycles. The molecule has 1 aromatic carbocycles. The Kier molecular flexibility index (Phi) is 8.36. The number of nitrogens with one attached hydrogen (secondary N) is 1. The Morgan fingerprint density at radius 3 is 2.68 bits per heavy atom. The number of hydrogen-bond acceptors (Lipinski definition) is 3. The van der Waals surface area contributed by atoms with E-state index in [-0.39, 0.29) is 12.3 Å². The molecule has 1 aromatic rings. The molecule has 0 radical (unpaired) electrons. The van der Waals surface area contributed by atoms with Gasteiger partial charge in [-0.3, -0.25) is 9.59 Å². The van der Waals surface area contributed by atoms with Crippen LogP contribution in [0.2, 0.25) is 5.02 Å². The summed E-state index contributed by atoms with van der Waals surface area (Å²) in [6.07, 6.45) is 2.88. The Morgan fingerprint density at radius 1 is 1.27 bits per heavy atom. The van der Waals surface area contributed by atoms with Crippen molar-refractivity contribution in [3.05, 3.63) is 29.3 Å². The van der Waals surface area contributed by atoms with Gasteiger partial charge < -0.3 is 15.2 Å². The molecule has 1 atom stereocenters. The zero-order valence-electron chi connectivity index (χ0n) is 12.7. The predicted octanol–water partition coefficient (Wildman–Crippen LogP) is 3.26. The highest BCUT2D eigenvalue weighted by atomic mass is 35.5. The van der Waals surface area contributed by atoms with E-state index >= 15 is 0 Å². The molecule has 0 spiro atoms. The van der Waals surface area contributed by atoms with Gasteiger partial charge in [-0.25, -0.2) is 0 Å². The number of halogens is 1.